The van der Waals surface area contributed by atoms with Crippen molar-refractivity contribution in [2.45, 2.75) is 6.18 Å². The first-order chi connectivity index (χ1) is 11.9. The molecule has 1 aliphatic rings. The summed E-state index contributed by atoms with van der Waals surface area (Å²) >= 11 is 5.79. The van der Waals surface area contributed by atoms with Gasteiger partial charge in [-0.15, -0.1) is 5.10 Å². The highest BCUT2D eigenvalue weighted by molar-refractivity contribution is 6.31. The van der Waals surface area contributed by atoms with Gasteiger partial charge in [-0.05, 0) is 30.3 Å². The van der Waals surface area contributed by atoms with E-state index in [0.29, 0.717) is 32.0 Å². The van der Waals surface area contributed by atoms with Gasteiger partial charge in [0.2, 0.25) is 0 Å². The van der Waals surface area contributed by atoms with Crippen LogP contribution in [0.4, 0.5) is 19.0 Å². The second kappa shape index (κ2) is 6.87. The van der Waals surface area contributed by atoms with Crippen LogP contribution in [0.25, 0.3) is 0 Å². The lowest BCUT2D eigenvalue weighted by molar-refractivity contribution is -0.138. The van der Waals surface area contributed by atoms with E-state index >= 15 is 0 Å². The molecule has 25 heavy (non-hydrogen) atoms. The van der Waals surface area contributed by atoms with E-state index in [4.69, 9.17) is 11.6 Å². The van der Waals surface area contributed by atoms with Gasteiger partial charge in [-0.1, -0.05) is 11.6 Å². The highest BCUT2D eigenvalue weighted by Gasteiger charge is 2.36. The third-order valence-electron chi connectivity index (χ3n) is 3.97. The van der Waals surface area contributed by atoms with Gasteiger partial charge < -0.3 is 9.80 Å². The van der Waals surface area contributed by atoms with Gasteiger partial charge in [0.25, 0.3) is 5.91 Å². The Bertz CT molecular complexity index is 762. The number of rotatable bonds is 2. The summed E-state index contributed by atoms with van der Waals surface area (Å²) in [4.78, 5) is 15.9. The fraction of sp³-hybridized carbons (Fsp3) is 0.312. The maximum atomic E-state index is 13.2. The first kappa shape index (κ1) is 17.5. The van der Waals surface area contributed by atoms with Gasteiger partial charge >= 0.3 is 6.18 Å². The first-order valence-corrected chi connectivity index (χ1v) is 7.93. The van der Waals surface area contributed by atoms with Gasteiger partial charge in [0.05, 0.1) is 11.1 Å². The minimum atomic E-state index is -4.61. The fourth-order valence-corrected chi connectivity index (χ4v) is 2.88. The predicted molar refractivity (Wildman–Crippen MR) is 86.6 cm³/mol. The maximum Gasteiger partial charge on any atom is 0.417 e. The van der Waals surface area contributed by atoms with Gasteiger partial charge in [0, 0.05) is 37.4 Å². The highest BCUT2D eigenvalue weighted by Crippen LogP contribution is 2.34. The molecule has 0 atom stereocenters. The summed E-state index contributed by atoms with van der Waals surface area (Å²) in [5.74, 6) is 0.00181. The maximum absolute atomic E-state index is 13.2. The van der Waals surface area contributed by atoms with Crippen LogP contribution in [0.3, 0.4) is 0 Å². The summed E-state index contributed by atoms with van der Waals surface area (Å²) in [5, 5.41) is 7.88. The molecule has 0 aliphatic carbocycles. The predicted octanol–water partition coefficient (Wildman–Crippen LogP) is 3.11. The number of hydrogen-bond acceptors (Lipinski definition) is 4. The van der Waals surface area contributed by atoms with Crippen molar-refractivity contribution in [3.63, 3.8) is 0 Å². The minimum Gasteiger partial charge on any atom is -0.352 e. The molecular weight excluding hydrogens is 357 g/mol. The number of alkyl halides is 3. The average Bonchev–Trinajstić information content (AvgIpc) is 2.61. The van der Waals surface area contributed by atoms with Crippen LogP contribution in [0.5, 0.6) is 0 Å². The molecule has 0 bridgehead atoms. The molecule has 0 spiro atoms. The zero-order chi connectivity index (χ0) is 18.0. The number of carbonyl (C=O) groups is 1. The second-order valence-electron chi connectivity index (χ2n) is 5.55. The van der Waals surface area contributed by atoms with Crippen LogP contribution in [0.15, 0.2) is 36.5 Å². The summed E-state index contributed by atoms with van der Waals surface area (Å²) in [6, 6.07) is 6.59. The molecule has 2 aromatic rings. The zero-order valence-electron chi connectivity index (χ0n) is 13.0. The fourth-order valence-electron chi connectivity index (χ4n) is 2.71. The van der Waals surface area contributed by atoms with E-state index in [1.54, 1.807) is 18.3 Å². The smallest absolute Gasteiger partial charge is 0.352 e. The molecule has 3 rings (SSSR count). The van der Waals surface area contributed by atoms with Crippen LogP contribution in [0.1, 0.15) is 15.9 Å². The Morgan fingerprint density at radius 3 is 2.44 bits per heavy atom. The van der Waals surface area contributed by atoms with Gasteiger partial charge in [-0.3, -0.25) is 4.79 Å². The van der Waals surface area contributed by atoms with Crippen molar-refractivity contribution >= 4 is 23.3 Å². The lowest BCUT2D eigenvalue weighted by atomic mass is 10.1. The Morgan fingerprint density at radius 1 is 1.12 bits per heavy atom. The third kappa shape index (κ3) is 3.84. The van der Waals surface area contributed by atoms with Crippen molar-refractivity contribution in [1.29, 1.82) is 0 Å². The van der Waals surface area contributed by atoms with Gasteiger partial charge in [-0.25, -0.2) is 0 Å². The van der Waals surface area contributed by atoms with Crippen LogP contribution >= 0.6 is 11.6 Å². The van der Waals surface area contributed by atoms with Crippen molar-refractivity contribution in [2.75, 3.05) is 31.1 Å². The number of benzene rings is 1. The van der Waals surface area contributed by atoms with Crippen LogP contribution in [-0.2, 0) is 6.18 Å². The summed E-state index contributed by atoms with van der Waals surface area (Å²) < 4.78 is 39.5. The van der Waals surface area contributed by atoms with Crippen LogP contribution < -0.4 is 4.90 Å². The highest BCUT2D eigenvalue weighted by atomic mass is 35.5. The topological polar surface area (TPSA) is 49.3 Å². The molecular formula is C16H14ClF3N4O. The van der Waals surface area contributed by atoms with E-state index < -0.39 is 23.2 Å². The lowest BCUT2D eigenvalue weighted by Crippen LogP contribution is -2.49. The number of anilines is 1. The molecule has 1 aliphatic heterocycles. The van der Waals surface area contributed by atoms with Crippen LogP contribution in [-0.4, -0.2) is 47.2 Å². The number of carbonyl (C=O) groups excluding carboxylic acids is 1. The normalized spacial score (nSPS) is 15.4. The van der Waals surface area contributed by atoms with Crippen molar-refractivity contribution in [2.24, 2.45) is 0 Å². The number of amides is 1. The summed E-state index contributed by atoms with van der Waals surface area (Å²) in [6.45, 7) is 1.51. The number of halogens is 4. The van der Waals surface area contributed by atoms with Crippen LogP contribution in [0, 0.1) is 0 Å². The Kier molecular flexibility index (Phi) is 4.80. The Morgan fingerprint density at radius 2 is 1.84 bits per heavy atom. The lowest BCUT2D eigenvalue weighted by Gasteiger charge is -2.35. The average molecular weight is 371 g/mol. The number of hydrogen-bond donors (Lipinski definition) is 0. The molecule has 0 radical (unpaired) electrons. The van der Waals surface area contributed by atoms with Crippen molar-refractivity contribution in [1.82, 2.24) is 15.1 Å². The van der Waals surface area contributed by atoms with Gasteiger partial charge in [0.15, 0.2) is 5.82 Å². The molecule has 1 amide bonds. The molecule has 0 saturated carbocycles. The Balaban J connectivity index is 1.76. The first-order valence-electron chi connectivity index (χ1n) is 7.55. The molecule has 1 aromatic carbocycles. The van der Waals surface area contributed by atoms with E-state index in [9.17, 15) is 18.0 Å². The largest absolute Gasteiger partial charge is 0.417 e. The van der Waals surface area contributed by atoms with Gasteiger partial charge in [0.1, 0.15) is 0 Å². The number of aromatic nitrogens is 2. The Hall–Kier alpha value is -2.35. The monoisotopic (exact) mass is 370 g/mol. The third-order valence-corrected chi connectivity index (χ3v) is 4.20. The van der Waals surface area contributed by atoms with Crippen molar-refractivity contribution in [3.8, 4) is 0 Å². The molecule has 5 nitrogen and oxygen atoms in total. The van der Waals surface area contributed by atoms with E-state index in [0.717, 1.165) is 18.2 Å². The molecule has 0 N–H and O–H groups in total. The number of piperazine rings is 1. The quantitative estimate of drug-likeness (QED) is 0.815. The second-order valence-corrected chi connectivity index (χ2v) is 5.99. The molecule has 0 unspecified atom stereocenters. The number of nitrogens with zero attached hydrogens (tertiary/aromatic N) is 4. The molecule has 1 saturated heterocycles. The summed E-state index contributed by atoms with van der Waals surface area (Å²) in [6.07, 6.45) is -3.06. The van der Waals surface area contributed by atoms with E-state index in [-0.39, 0.29) is 5.02 Å². The summed E-state index contributed by atoms with van der Waals surface area (Å²) in [5.41, 5.74) is -1.40. The SMILES string of the molecule is O=C(c1cc(Cl)ccc1C(F)(F)F)N1CCN(c2cccnn2)CC1. The van der Waals surface area contributed by atoms with Gasteiger partial charge in [-0.2, -0.15) is 18.3 Å². The van der Waals surface area contributed by atoms with E-state index in [2.05, 4.69) is 10.2 Å². The van der Waals surface area contributed by atoms with E-state index in [1.807, 2.05) is 4.90 Å². The van der Waals surface area contributed by atoms with Crippen molar-refractivity contribution < 1.29 is 18.0 Å². The molecule has 132 valence electrons. The molecule has 1 fully saturated rings. The zero-order valence-corrected chi connectivity index (χ0v) is 13.8. The molecule has 1 aromatic heterocycles. The van der Waals surface area contributed by atoms with Crippen molar-refractivity contribution in [3.05, 3.63) is 52.7 Å². The Labute approximate surface area is 147 Å². The minimum absolute atomic E-state index is 0.0922. The molecule has 2 heterocycles. The van der Waals surface area contributed by atoms with Crippen LogP contribution in [0.2, 0.25) is 5.02 Å². The van der Waals surface area contributed by atoms with E-state index in [1.165, 1.54) is 4.90 Å². The summed E-state index contributed by atoms with van der Waals surface area (Å²) in [7, 11) is 0. The molecule has 9 heteroatoms. The standard InChI is InChI=1S/C16H14ClF3N4O/c17-11-3-4-13(16(18,19)20)12(10-11)15(25)24-8-6-23(7-9-24)14-2-1-5-21-22-14/h1-5,10H,6-9H2.